The van der Waals surface area contributed by atoms with E-state index in [1.807, 2.05) is 0 Å². The zero-order chi connectivity index (χ0) is 38.5. The number of nitrogens with one attached hydrogen (secondary N) is 3. The minimum absolute atomic E-state index is 0.115. The van der Waals surface area contributed by atoms with Crippen LogP contribution in [0.15, 0.2) is 50.8 Å². The van der Waals surface area contributed by atoms with Gasteiger partial charge in [-0.1, -0.05) is 19.7 Å². The molecular formula is C30H42N6O15. The molecule has 0 fully saturated rings. The van der Waals surface area contributed by atoms with Gasteiger partial charge in [0.05, 0.1) is 39.3 Å². The monoisotopic (exact) mass is 726 g/mol. The van der Waals surface area contributed by atoms with Crippen molar-refractivity contribution in [1.82, 2.24) is 29.7 Å². The number of hydrogen-bond donors (Lipinski definition) is 3. The second kappa shape index (κ2) is 22.5. The predicted octanol–water partition coefficient (Wildman–Crippen LogP) is -1.29. The first kappa shape index (κ1) is 42.9. The summed E-state index contributed by atoms with van der Waals surface area (Å²) in [6, 6.07) is 0. The highest BCUT2D eigenvalue weighted by molar-refractivity contribution is 5.87. The SMILES string of the molecule is C=C(C)C(=O)OCCNC(=O)OCCn1c(=O)n(CCOC(=O)NCCOC(=O)C(=C)C)c(=O)n(CCOC(=O)NCCOC(=O)C(=C)C)c1=O. The minimum atomic E-state index is -1.13. The number of hydrogen-bond acceptors (Lipinski definition) is 15. The van der Waals surface area contributed by atoms with Crippen molar-refractivity contribution in [2.45, 2.75) is 40.4 Å². The molecule has 1 aromatic heterocycles. The topological polar surface area (TPSA) is 260 Å². The van der Waals surface area contributed by atoms with Gasteiger partial charge in [-0.3, -0.25) is 0 Å². The van der Waals surface area contributed by atoms with Gasteiger partial charge in [0.2, 0.25) is 0 Å². The smallest absolute Gasteiger partial charge is 0.407 e. The van der Waals surface area contributed by atoms with E-state index in [1.54, 1.807) is 0 Å². The molecule has 21 nitrogen and oxygen atoms in total. The third kappa shape index (κ3) is 16.2. The number of ether oxygens (including phenoxy) is 6. The quantitative estimate of drug-likeness (QED) is 0.0576. The first-order valence-electron chi connectivity index (χ1n) is 15.2. The second-order valence-corrected chi connectivity index (χ2v) is 10.2. The third-order valence-corrected chi connectivity index (χ3v) is 5.89. The molecule has 282 valence electrons. The highest BCUT2D eigenvalue weighted by Crippen LogP contribution is 1.93. The summed E-state index contributed by atoms with van der Waals surface area (Å²) in [6.45, 7) is 10.6. The van der Waals surface area contributed by atoms with Crippen LogP contribution in [0.1, 0.15) is 20.8 Å². The van der Waals surface area contributed by atoms with Gasteiger partial charge in [0.25, 0.3) is 0 Å². The van der Waals surface area contributed by atoms with E-state index in [4.69, 9.17) is 28.4 Å². The fraction of sp³-hybridized carbons (Fsp3) is 0.500. The van der Waals surface area contributed by atoms with Crippen molar-refractivity contribution in [1.29, 1.82) is 0 Å². The molecule has 0 atom stereocenters. The summed E-state index contributed by atoms with van der Waals surface area (Å²) in [6.07, 6.45) is -2.90. The van der Waals surface area contributed by atoms with Crippen LogP contribution in [0, 0.1) is 0 Å². The van der Waals surface area contributed by atoms with Gasteiger partial charge >= 0.3 is 53.3 Å². The maximum atomic E-state index is 13.1. The Morgan fingerprint density at radius 1 is 0.451 bits per heavy atom. The number of rotatable bonds is 21. The van der Waals surface area contributed by atoms with Crippen LogP contribution in [-0.2, 0) is 62.4 Å². The molecule has 0 saturated carbocycles. The highest BCUT2D eigenvalue weighted by atomic mass is 16.6. The second-order valence-electron chi connectivity index (χ2n) is 10.2. The summed E-state index contributed by atoms with van der Waals surface area (Å²) >= 11 is 0. The van der Waals surface area contributed by atoms with E-state index in [2.05, 4.69) is 35.7 Å². The van der Waals surface area contributed by atoms with Crippen LogP contribution in [0.2, 0.25) is 0 Å². The van der Waals surface area contributed by atoms with Crippen LogP contribution in [0.4, 0.5) is 14.4 Å². The molecule has 21 heteroatoms. The van der Waals surface area contributed by atoms with Crippen molar-refractivity contribution in [2.75, 3.05) is 59.3 Å². The maximum Gasteiger partial charge on any atom is 0.407 e. The van der Waals surface area contributed by atoms with E-state index >= 15 is 0 Å². The highest BCUT2D eigenvalue weighted by Gasteiger charge is 2.17. The van der Waals surface area contributed by atoms with Crippen LogP contribution in [-0.4, -0.2) is 109 Å². The average Bonchev–Trinajstić information content (AvgIpc) is 3.07. The fourth-order valence-electron chi connectivity index (χ4n) is 3.36. The normalized spacial score (nSPS) is 10.2. The van der Waals surface area contributed by atoms with E-state index in [-0.39, 0.29) is 56.2 Å². The average molecular weight is 727 g/mol. The summed E-state index contributed by atoms with van der Waals surface area (Å²) in [5, 5.41) is 6.90. The van der Waals surface area contributed by atoms with Crippen molar-refractivity contribution in [3.05, 3.63) is 67.9 Å². The lowest BCUT2D eigenvalue weighted by Crippen LogP contribution is -2.55. The first-order chi connectivity index (χ1) is 24.1. The van der Waals surface area contributed by atoms with Crippen LogP contribution >= 0.6 is 0 Å². The molecule has 0 spiro atoms. The van der Waals surface area contributed by atoms with E-state index in [9.17, 15) is 43.2 Å². The summed E-state index contributed by atoms with van der Waals surface area (Å²) in [7, 11) is 0. The van der Waals surface area contributed by atoms with Gasteiger partial charge in [-0.15, -0.1) is 0 Å². The number of carbonyl (C=O) groups is 6. The molecule has 0 aliphatic rings. The molecule has 51 heavy (non-hydrogen) atoms. The van der Waals surface area contributed by atoms with Crippen molar-refractivity contribution in [3.8, 4) is 0 Å². The van der Waals surface area contributed by atoms with E-state index < -0.39 is 92.7 Å². The van der Waals surface area contributed by atoms with Crippen molar-refractivity contribution >= 4 is 36.2 Å². The van der Waals surface area contributed by atoms with Crippen molar-refractivity contribution in [2.24, 2.45) is 0 Å². The number of alkyl carbamates (subject to hydrolysis) is 3. The maximum absolute atomic E-state index is 13.1. The summed E-state index contributed by atoms with van der Waals surface area (Å²) < 4.78 is 31.1. The predicted molar refractivity (Wildman–Crippen MR) is 175 cm³/mol. The van der Waals surface area contributed by atoms with Crippen molar-refractivity contribution in [3.63, 3.8) is 0 Å². The van der Waals surface area contributed by atoms with Crippen molar-refractivity contribution < 1.29 is 57.2 Å². The Balaban J connectivity index is 2.93. The lowest BCUT2D eigenvalue weighted by molar-refractivity contribution is -0.139. The molecule has 1 aromatic rings. The van der Waals surface area contributed by atoms with Gasteiger partial charge in [-0.05, 0) is 20.8 Å². The Morgan fingerprint density at radius 3 is 0.902 bits per heavy atom. The number of aromatic nitrogens is 3. The minimum Gasteiger partial charge on any atom is -0.460 e. The largest absolute Gasteiger partial charge is 0.460 e. The van der Waals surface area contributed by atoms with E-state index in [0.717, 1.165) is 0 Å². The first-order valence-corrected chi connectivity index (χ1v) is 15.2. The van der Waals surface area contributed by atoms with E-state index in [1.165, 1.54) is 20.8 Å². The molecule has 1 rings (SSSR count). The lowest BCUT2D eigenvalue weighted by Gasteiger charge is -2.15. The molecule has 3 amide bonds. The standard InChI is InChI=1S/C30H42N6O15/c1-19(2)22(37)46-13-7-31-25(40)49-16-10-34-28(43)35(11-17-50-26(41)32-8-14-47-23(38)20(3)4)30(45)36(29(34)44)12-18-51-27(42)33-9-15-48-24(39)21(5)6/h1,3,5,7-18H2,2,4,6H3,(H,31,40)(H,32,41)(H,33,42). The number of carbonyl (C=O) groups excluding carboxylic acids is 6. The Kier molecular flexibility index (Phi) is 18.9. The van der Waals surface area contributed by atoms with Crippen LogP contribution < -0.4 is 33.0 Å². The van der Waals surface area contributed by atoms with Gasteiger partial charge in [-0.2, -0.15) is 0 Å². The third-order valence-electron chi connectivity index (χ3n) is 5.89. The summed E-state index contributed by atoms with van der Waals surface area (Å²) in [4.78, 5) is 110. The molecular weight excluding hydrogens is 684 g/mol. The van der Waals surface area contributed by atoms with Crippen LogP contribution in [0.5, 0.6) is 0 Å². The van der Waals surface area contributed by atoms with Crippen LogP contribution in [0.25, 0.3) is 0 Å². The van der Waals surface area contributed by atoms with E-state index in [0.29, 0.717) is 13.7 Å². The summed E-state index contributed by atoms with van der Waals surface area (Å²) in [5.74, 6) is -1.97. The molecule has 0 bridgehead atoms. The molecule has 3 N–H and O–H groups in total. The van der Waals surface area contributed by atoms with Crippen LogP contribution in [0.3, 0.4) is 0 Å². The molecule has 1 heterocycles. The Morgan fingerprint density at radius 2 is 0.686 bits per heavy atom. The van der Waals surface area contributed by atoms with Gasteiger partial charge in [-0.25, -0.2) is 56.9 Å². The van der Waals surface area contributed by atoms with Gasteiger partial charge < -0.3 is 44.4 Å². The Bertz CT molecular complexity index is 1440. The number of amides is 3. The molecule has 0 saturated heterocycles. The fourth-order valence-corrected chi connectivity index (χ4v) is 3.36. The van der Waals surface area contributed by atoms with Gasteiger partial charge in [0, 0.05) is 16.7 Å². The van der Waals surface area contributed by atoms with Gasteiger partial charge in [0.15, 0.2) is 0 Å². The zero-order valence-electron chi connectivity index (χ0n) is 28.6. The Hall–Kier alpha value is -6.15. The molecule has 0 unspecified atom stereocenters. The molecule has 0 aliphatic carbocycles. The molecule has 0 radical (unpaired) electrons. The van der Waals surface area contributed by atoms with Gasteiger partial charge in [0.1, 0.15) is 39.6 Å². The number of esters is 3. The zero-order valence-corrected chi connectivity index (χ0v) is 28.6. The molecule has 0 aliphatic heterocycles. The lowest BCUT2D eigenvalue weighted by atomic mass is 10.4. The molecule has 0 aromatic carbocycles. The summed E-state index contributed by atoms with van der Waals surface area (Å²) in [5.41, 5.74) is -2.89. The number of nitrogens with zero attached hydrogens (tertiary/aromatic N) is 3. The Labute approximate surface area is 290 Å².